The first-order valence-electron chi connectivity index (χ1n) is 6.76. The number of amides is 1. The summed E-state index contributed by atoms with van der Waals surface area (Å²) in [6, 6.07) is 4.09. The van der Waals surface area contributed by atoms with Crippen LogP contribution < -0.4 is 5.32 Å². The second-order valence-corrected chi connectivity index (χ2v) is 4.76. The average Bonchev–Trinajstić information content (AvgIpc) is 2.89. The molecule has 2 N–H and O–H groups in total. The van der Waals surface area contributed by atoms with E-state index in [1.165, 1.54) is 6.26 Å². The van der Waals surface area contributed by atoms with Crippen LogP contribution in [0.3, 0.4) is 0 Å². The number of hydrogen-bond acceptors (Lipinski definition) is 3. The van der Waals surface area contributed by atoms with Crippen LogP contribution in [0.4, 0.5) is 8.78 Å². The number of aliphatic hydroxyl groups excluding tert-OH is 1. The lowest BCUT2D eigenvalue weighted by molar-refractivity contribution is 0.0677. The topological polar surface area (TPSA) is 62.5 Å². The molecule has 0 bridgehead atoms. The Morgan fingerprint density at radius 2 is 2.19 bits per heavy atom. The number of hydrogen-bond donors (Lipinski definition) is 2. The van der Waals surface area contributed by atoms with Crippen LogP contribution >= 0.6 is 0 Å². The maximum Gasteiger partial charge on any atom is 0.258 e. The number of benzene rings is 1. The Bertz CT molecular complexity index is 624. The Morgan fingerprint density at radius 3 is 2.81 bits per heavy atom. The van der Waals surface area contributed by atoms with Gasteiger partial charge in [0, 0.05) is 12.0 Å². The SMILES string of the molecule is CCc1ccc2occ(C(=O)NC(CCO)C(F)F)c2c1. The van der Waals surface area contributed by atoms with Crippen LogP contribution in [0.15, 0.2) is 28.9 Å². The second kappa shape index (κ2) is 6.67. The number of alkyl halides is 2. The predicted octanol–water partition coefficient (Wildman–Crippen LogP) is 2.74. The zero-order valence-corrected chi connectivity index (χ0v) is 11.6. The molecular weight excluding hydrogens is 280 g/mol. The Balaban J connectivity index is 2.26. The molecule has 114 valence electrons. The minimum Gasteiger partial charge on any atom is -0.463 e. The van der Waals surface area contributed by atoms with Gasteiger partial charge in [0.15, 0.2) is 0 Å². The molecule has 0 spiro atoms. The van der Waals surface area contributed by atoms with Crippen molar-refractivity contribution in [3.63, 3.8) is 0 Å². The van der Waals surface area contributed by atoms with Gasteiger partial charge >= 0.3 is 0 Å². The van der Waals surface area contributed by atoms with Crippen molar-refractivity contribution in [1.29, 1.82) is 0 Å². The van der Waals surface area contributed by atoms with Gasteiger partial charge in [-0.1, -0.05) is 13.0 Å². The summed E-state index contributed by atoms with van der Waals surface area (Å²) in [7, 11) is 0. The molecule has 1 amide bonds. The van der Waals surface area contributed by atoms with Crippen LogP contribution in [-0.4, -0.2) is 30.1 Å². The monoisotopic (exact) mass is 297 g/mol. The van der Waals surface area contributed by atoms with E-state index in [0.717, 1.165) is 12.0 Å². The molecule has 1 unspecified atom stereocenters. The highest BCUT2D eigenvalue weighted by Gasteiger charge is 2.24. The van der Waals surface area contributed by atoms with Gasteiger partial charge in [-0.2, -0.15) is 0 Å². The summed E-state index contributed by atoms with van der Waals surface area (Å²) in [6.07, 6.45) is -0.863. The lowest BCUT2D eigenvalue weighted by Crippen LogP contribution is -2.40. The van der Waals surface area contributed by atoms with Crippen molar-refractivity contribution >= 4 is 16.9 Å². The summed E-state index contributed by atoms with van der Waals surface area (Å²) < 4.78 is 30.8. The minimum atomic E-state index is -2.73. The standard InChI is InChI=1S/C15H17F2NO3/c1-2-9-3-4-13-10(7-9)11(8-21-13)15(20)18-12(5-6-19)14(16)17/h3-4,7-8,12,14,19H,2,5-6H2,1H3,(H,18,20). The van der Waals surface area contributed by atoms with Gasteiger partial charge < -0.3 is 14.8 Å². The highest BCUT2D eigenvalue weighted by atomic mass is 19.3. The van der Waals surface area contributed by atoms with Crippen molar-refractivity contribution < 1.29 is 23.1 Å². The Hall–Kier alpha value is -1.95. The number of nitrogens with one attached hydrogen (secondary N) is 1. The summed E-state index contributed by atoms with van der Waals surface area (Å²) in [5, 5.41) is 11.6. The zero-order valence-electron chi connectivity index (χ0n) is 11.6. The van der Waals surface area contributed by atoms with Crippen molar-refractivity contribution in [3.05, 3.63) is 35.6 Å². The number of carbonyl (C=O) groups is 1. The number of carbonyl (C=O) groups excluding carboxylic acids is 1. The molecular formula is C15H17F2NO3. The van der Waals surface area contributed by atoms with Crippen LogP contribution in [-0.2, 0) is 6.42 Å². The van der Waals surface area contributed by atoms with Gasteiger partial charge in [-0.3, -0.25) is 4.79 Å². The molecule has 4 nitrogen and oxygen atoms in total. The van der Waals surface area contributed by atoms with Crippen molar-refractivity contribution in [2.45, 2.75) is 32.2 Å². The first kappa shape index (κ1) is 15.4. The van der Waals surface area contributed by atoms with E-state index in [2.05, 4.69) is 5.32 Å². The van der Waals surface area contributed by atoms with Gasteiger partial charge in [0.25, 0.3) is 12.3 Å². The van der Waals surface area contributed by atoms with Crippen LogP contribution in [0.2, 0.25) is 0 Å². The normalized spacial score (nSPS) is 12.8. The number of aliphatic hydroxyl groups is 1. The van der Waals surface area contributed by atoms with E-state index >= 15 is 0 Å². The molecule has 0 aliphatic heterocycles. The van der Waals surface area contributed by atoms with Crippen LogP contribution in [0.1, 0.15) is 29.3 Å². The first-order valence-corrected chi connectivity index (χ1v) is 6.76. The van der Waals surface area contributed by atoms with E-state index in [1.54, 1.807) is 6.07 Å². The third-order valence-electron chi connectivity index (χ3n) is 3.35. The maximum atomic E-state index is 12.8. The van der Waals surface area contributed by atoms with E-state index in [4.69, 9.17) is 9.52 Å². The number of halogens is 2. The van der Waals surface area contributed by atoms with Crippen molar-refractivity contribution in [2.24, 2.45) is 0 Å². The molecule has 0 fully saturated rings. The quantitative estimate of drug-likeness (QED) is 0.862. The van der Waals surface area contributed by atoms with Crippen LogP contribution in [0.5, 0.6) is 0 Å². The van der Waals surface area contributed by atoms with Crippen molar-refractivity contribution in [2.75, 3.05) is 6.61 Å². The fourth-order valence-electron chi connectivity index (χ4n) is 2.12. The third-order valence-corrected chi connectivity index (χ3v) is 3.35. The second-order valence-electron chi connectivity index (χ2n) is 4.76. The summed E-state index contributed by atoms with van der Waals surface area (Å²) in [5.41, 5.74) is 1.79. The molecule has 1 atom stereocenters. The summed E-state index contributed by atoms with van der Waals surface area (Å²) in [4.78, 5) is 12.1. The van der Waals surface area contributed by atoms with E-state index in [1.807, 2.05) is 19.1 Å². The molecule has 1 heterocycles. The Kier molecular flexibility index (Phi) is 4.90. The minimum absolute atomic E-state index is 0.195. The van der Waals surface area contributed by atoms with Crippen molar-refractivity contribution in [1.82, 2.24) is 5.32 Å². The number of rotatable bonds is 6. The van der Waals surface area contributed by atoms with Crippen LogP contribution in [0, 0.1) is 0 Å². The predicted molar refractivity (Wildman–Crippen MR) is 74.6 cm³/mol. The van der Waals surface area contributed by atoms with E-state index in [-0.39, 0.29) is 12.0 Å². The van der Waals surface area contributed by atoms with E-state index < -0.39 is 25.0 Å². The molecule has 0 aliphatic carbocycles. The molecule has 1 aromatic carbocycles. The van der Waals surface area contributed by atoms with E-state index in [0.29, 0.717) is 11.0 Å². The maximum absolute atomic E-state index is 12.8. The first-order chi connectivity index (χ1) is 10.1. The fraction of sp³-hybridized carbons (Fsp3) is 0.400. The lowest BCUT2D eigenvalue weighted by Gasteiger charge is -2.16. The smallest absolute Gasteiger partial charge is 0.258 e. The molecule has 2 rings (SSSR count). The number of furan rings is 1. The Labute approximate surface area is 120 Å². The largest absolute Gasteiger partial charge is 0.463 e. The summed E-state index contributed by atoms with van der Waals surface area (Å²) >= 11 is 0. The molecule has 1 aromatic heterocycles. The number of aryl methyl sites for hydroxylation is 1. The number of fused-ring (bicyclic) bond motifs is 1. The Morgan fingerprint density at radius 1 is 1.43 bits per heavy atom. The van der Waals surface area contributed by atoms with Gasteiger partial charge in [0.2, 0.25) is 0 Å². The van der Waals surface area contributed by atoms with E-state index in [9.17, 15) is 13.6 Å². The van der Waals surface area contributed by atoms with Gasteiger partial charge in [0.1, 0.15) is 11.8 Å². The molecule has 6 heteroatoms. The van der Waals surface area contributed by atoms with Gasteiger partial charge in [0.05, 0.1) is 11.6 Å². The fourth-order valence-corrected chi connectivity index (χ4v) is 2.12. The van der Waals surface area contributed by atoms with Gasteiger partial charge in [-0.25, -0.2) is 8.78 Å². The van der Waals surface area contributed by atoms with Crippen LogP contribution in [0.25, 0.3) is 11.0 Å². The van der Waals surface area contributed by atoms with Gasteiger partial charge in [-0.15, -0.1) is 0 Å². The molecule has 0 radical (unpaired) electrons. The molecule has 21 heavy (non-hydrogen) atoms. The van der Waals surface area contributed by atoms with Crippen molar-refractivity contribution in [3.8, 4) is 0 Å². The lowest BCUT2D eigenvalue weighted by atomic mass is 10.1. The molecule has 2 aromatic rings. The summed E-state index contributed by atoms with van der Waals surface area (Å²) in [5.74, 6) is -0.624. The molecule has 0 saturated heterocycles. The molecule has 0 aliphatic rings. The van der Waals surface area contributed by atoms with Gasteiger partial charge in [-0.05, 0) is 30.5 Å². The summed E-state index contributed by atoms with van der Waals surface area (Å²) in [6.45, 7) is 1.57. The highest BCUT2D eigenvalue weighted by molar-refractivity contribution is 6.06. The average molecular weight is 297 g/mol. The third kappa shape index (κ3) is 3.39. The zero-order chi connectivity index (χ0) is 15.4. The molecule has 0 saturated carbocycles. The highest BCUT2D eigenvalue weighted by Crippen LogP contribution is 2.23.